The topological polar surface area (TPSA) is 15.7 Å². The average molecular weight is 288 g/mol. The van der Waals surface area contributed by atoms with E-state index in [2.05, 4.69) is 47.9 Å². The molecule has 2 fully saturated rings. The maximum atomic E-state index is 5.26. The van der Waals surface area contributed by atoms with E-state index in [1.807, 2.05) is 0 Å². The Balaban J connectivity index is 1.71. The summed E-state index contributed by atoms with van der Waals surface area (Å²) in [5, 5.41) is 0. The van der Waals surface area contributed by atoms with Gasteiger partial charge in [-0.2, -0.15) is 0 Å². The summed E-state index contributed by atoms with van der Waals surface area (Å²) in [6.07, 6.45) is 2.76. The molecule has 0 aromatic heterocycles. The molecular weight excluding hydrogens is 260 g/mol. The van der Waals surface area contributed by atoms with Gasteiger partial charge in [0.25, 0.3) is 0 Å². The molecule has 1 aromatic rings. The highest BCUT2D eigenvalue weighted by molar-refractivity contribution is 5.27. The van der Waals surface area contributed by atoms with E-state index in [4.69, 9.17) is 4.74 Å². The number of piperazine rings is 1. The minimum Gasteiger partial charge on any atom is -0.497 e. The van der Waals surface area contributed by atoms with Gasteiger partial charge in [0.2, 0.25) is 0 Å². The van der Waals surface area contributed by atoms with Gasteiger partial charge in [-0.15, -0.1) is 0 Å². The summed E-state index contributed by atoms with van der Waals surface area (Å²) < 4.78 is 5.26. The second-order valence-corrected chi connectivity index (χ2v) is 6.88. The zero-order valence-corrected chi connectivity index (χ0v) is 13.6. The van der Waals surface area contributed by atoms with Crippen LogP contribution in [0.25, 0.3) is 0 Å². The maximum absolute atomic E-state index is 5.26. The molecule has 3 nitrogen and oxygen atoms in total. The predicted octanol–water partition coefficient (Wildman–Crippen LogP) is 3.00. The van der Waals surface area contributed by atoms with Gasteiger partial charge in [-0.25, -0.2) is 0 Å². The zero-order valence-electron chi connectivity index (χ0n) is 13.6. The first-order valence-corrected chi connectivity index (χ1v) is 8.28. The van der Waals surface area contributed by atoms with Crippen molar-refractivity contribution in [1.82, 2.24) is 9.80 Å². The molecule has 0 bridgehead atoms. The summed E-state index contributed by atoms with van der Waals surface area (Å²) in [6, 6.07) is 10.0. The Hall–Kier alpha value is -1.06. The lowest BCUT2D eigenvalue weighted by Crippen LogP contribution is -2.57. The van der Waals surface area contributed by atoms with E-state index < -0.39 is 0 Å². The van der Waals surface area contributed by atoms with Crippen molar-refractivity contribution in [2.45, 2.75) is 45.3 Å². The van der Waals surface area contributed by atoms with Crippen LogP contribution >= 0.6 is 0 Å². The molecule has 116 valence electrons. The van der Waals surface area contributed by atoms with E-state index in [0.717, 1.165) is 18.3 Å². The van der Waals surface area contributed by atoms with Gasteiger partial charge < -0.3 is 4.74 Å². The fourth-order valence-electron chi connectivity index (χ4n) is 3.88. The van der Waals surface area contributed by atoms with Crippen LogP contribution in [-0.2, 0) is 6.54 Å². The standard InChI is InChI=1S/C18H28N2O/c1-14(2)18-13-19-10-4-5-16(19)12-20(18)11-15-6-8-17(21-3)9-7-15/h6-9,14,16,18H,4-5,10-13H2,1-3H3. The van der Waals surface area contributed by atoms with Crippen molar-refractivity contribution in [1.29, 1.82) is 0 Å². The third-order valence-corrected chi connectivity index (χ3v) is 5.15. The Morgan fingerprint density at radius 3 is 2.62 bits per heavy atom. The van der Waals surface area contributed by atoms with Crippen molar-refractivity contribution in [3.63, 3.8) is 0 Å². The van der Waals surface area contributed by atoms with Gasteiger partial charge in [0, 0.05) is 31.7 Å². The van der Waals surface area contributed by atoms with Crippen LogP contribution in [0.2, 0.25) is 0 Å². The molecule has 2 unspecified atom stereocenters. The number of fused-ring (bicyclic) bond motifs is 1. The van der Waals surface area contributed by atoms with Crippen molar-refractivity contribution < 1.29 is 4.74 Å². The van der Waals surface area contributed by atoms with E-state index in [-0.39, 0.29) is 0 Å². The number of nitrogens with zero attached hydrogens (tertiary/aromatic N) is 2. The van der Waals surface area contributed by atoms with Crippen LogP contribution in [0.3, 0.4) is 0 Å². The van der Waals surface area contributed by atoms with E-state index in [0.29, 0.717) is 12.0 Å². The van der Waals surface area contributed by atoms with Crippen molar-refractivity contribution in [3.8, 4) is 5.75 Å². The van der Waals surface area contributed by atoms with Crippen molar-refractivity contribution in [2.24, 2.45) is 5.92 Å². The Labute approximate surface area is 128 Å². The first-order chi connectivity index (χ1) is 10.2. The molecule has 2 atom stereocenters. The van der Waals surface area contributed by atoms with Crippen LogP contribution in [0.4, 0.5) is 0 Å². The summed E-state index contributed by atoms with van der Waals surface area (Å²) in [5.74, 6) is 1.66. The first-order valence-electron chi connectivity index (χ1n) is 8.28. The maximum Gasteiger partial charge on any atom is 0.118 e. The highest BCUT2D eigenvalue weighted by Crippen LogP contribution is 2.29. The van der Waals surface area contributed by atoms with Crippen LogP contribution < -0.4 is 4.74 Å². The van der Waals surface area contributed by atoms with Gasteiger partial charge in [-0.3, -0.25) is 9.80 Å². The second kappa shape index (κ2) is 6.37. The highest BCUT2D eigenvalue weighted by Gasteiger charge is 2.37. The first kappa shape index (κ1) is 14.9. The molecule has 0 N–H and O–H groups in total. The van der Waals surface area contributed by atoms with E-state index in [1.165, 1.54) is 38.0 Å². The minimum absolute atomic E-state index is 0.682. The van der Waals surface area contributed by atoms with Crippen molar-refractivity contribution in [3.05, 3.63) is 29.8 Å². The number of rotatable bonds is 4. The Morgan fingerprint density at radius 2 is 1.95 bits per heavy atom. The van der Waals surface area contributed by atoms with Gasteiger partial charge >= 0.3 is 0 Å². The SMILES string of the molecule is COc1ccc(CN2CC3CCCN3CC2C(C)C)cc1. The Kier molecular flexibility index (Phi) is 4.51. The number of ether oxygens (including phenoxy) is 1. The molecule has 2 heterocycles. The number of hydrogen-bond donors (Lipinski definition) is 0. The number of benzene rings is 1. The van der Waals surface area contributed by atoms with Crippen LogP contribution in [0, 0.1) is 5.92 Å². The fourth-order valence-corrected chi connectivity index (χ4v) is 3.88. The summed E-state index contributed by atoms with van der Waals surface area (Å²) >= 11 is 0. The van der Waals surface area contributed by atoms with Crippen LogP contribution in [0.1, 0.15) is 32.3 Å². The van der Waals surface area contributed by atoms with Gasteiger partial charge in [0.15, 0.2) is 0 Å². The van der Waals surface area contributed by atoms with Gasteiger partial charge in [0.1, 0.15) is 5.75 Å². The highest BCUT2D eigenvalue weighted by atomic mass is 16.5. The largest absolute Gasteiger partial charge is 0.497 e. The normalized spacial score (nSPS) is 27.0. The molecule has 0 aliphatic carbocycles. The van der Waals surface area contributed by atoms with Crippen LogP contribution in [-0.4, -0.2) is 48.6 Å². The lowest BCUT2D eigenvalue weighted by Gasteiger charge is -2.45. The van der Waals surface area contributed by atoms with Crippen LogP contribution in [0.5, 0.6) is 5.75 Å². The van der Waals surface area contributed by atoms with Gasteiger partial charge in [0.05, 0.1) is 7.11 Å². The van der Waals surface area contributed by atoms with Crippen molar-refractivity contribution >= 4 is 0 Å². The quantitative estimate of drug-likeness (QED) is 0.847. The molecule has 1 aromatic carbocycles. The molecule has 0 saturated carbocycles. The average Bonchev–Trinajstić information content (AvgIpc) is 2.94. The molecule has 0 radical (unpaired) electrons. The Morgan fingerprint density at radius 1 is 1.19 bits per heavy atom. The third-order valence-electron chi connectivity index (χ3n) is 5.15. The smallest absolute Gasteiger partial charge is 0.118 e. The molecule has 2 aliphatic rings. The molecule has 3 heteroatoms. The summed E-state index contributed by atoms with van der Waals surface area (Å²) in [4.78, 5) is 5.42. The molecule has 0 spiro atoms. The van der Waals surface area contributed by atoms with E-state index in [9.17, 15) is 0 Å². The fraction of sp³-hybridized carbons (Fsp3) is 0.667. The minimum atomic E-state index is 0.682. The lowest BCUT2D eigenvalue weighted by atomic mass is 9.96. The zero-order chi connectivity index (χ0) is 14.8. The van der Waals surface area contributed by atoms with Crippen molar-refractivity contribution in [2.75, 3.05) is 26.7 Å². The molecular formula is C18H28N2O. The lowest BCUT2D eigenvalue weighted by molar-refractivity contribution is 0.0239. The number of methoxy groups -OCH3 is 1. The van der Waals surface area contributed by atoms with E-state index >= 15 is 0 Å². The summed E-state index contributed by atoms with van der Waals surface area (Å²) in [7, 11) is 1.73. The molecule has 3 rings (SSSR count). The molecule has 21 heavy (non-hydrogen) atoms. The third kappa shape index (κ3) is 3.24. The second-order valence-electron chi connectivity index (χ2n) is 6.88. The summed E-state index contributed by atoms with van der Waals surface area (Å²) in [6.45, 7) is 9.58. The molecule has 2 saturated heterocycles. The number of hydrogen-bond acceptors (Lipinski definition) is 3. The summed E-state index contributed by atoms with van der Waals surface area (Å²) in [5.41, 5.74) is 1.40. The van der Waals surface area contributed by atoms with Crippen LogP contribution in [0.15, 0.2) is 24.3 Å². The molecule has 2 aliphatic heterocycles. The predicted molar refractivity (Wildman–Crippen MR) is 86.6 cm³/mol. The molecule has 0 amide bonds. The van der Waals surface area contributed by atoms with E-state index in [1.54, 1.807) is 7.11 Å². The van der Waals surface area contributed by atoms with Gasteiger partial charge in [-0.05, 0) is 43.0 Å². The van der Waals surface area contributed by atoms with Gasteiger partial charge in [-0.1, -0.05) is 26.0 Å². The Bertz CT molecular complexity index is 457. The monoisotopic (exact) mass is 288 g/mol.